The van der Waals surface area contributed by atoms with Gasteiger partial charge in [-0.1, -0.05) is 73.7 Å². The van der Waals surface area contributed by atoms with Gasteiger partial charge in [-0.05, 0) is 71.5 Å². The first-order chi connectivity index (χ1) is 16.2. The lowest BCUT2D eigenvalue weighted by atomic mass is 9.94. The number of fused-ring (bicyclic) bond motifs is 1. The van der Waals surface area contributed by atoms with Crippen molar-refractivity contribution in [1.29, 1.82) is 0 Å². The second-order valence-electron chi connectivity index (χ2n) is 7.85. The molecule has 5 aromatic rings. The molecule has 162 valence electrons. The fraction of sp³-hybridized carbons (Fsp3) is 0.103. The van der Waals surface area contributed by atoms with Gasteiger partial charge in [-0.15, -0.1) is 0 Å². The summed E-state index contributed by atoms with van der Waals surface area (Å²) >= 11 is 6.42. The van der Waals surface area contributed by atoms with E-state index in [1.807, 2.05) is 55.5 Å². The summed E-state index contributed by atoms with van der Waals surface area (Å²) in [4.78, 5) is 9.15. The van der Waals surface area contributed by atoms with E-state index >= 15 is 0 Å². The Labute approximate surface area is 198 Å². The topological polar surface area (TPSA) is 38.9 Å². The molecule has 0 aliphatic heterocycles. The van der Waals surface area contributed by atoms with Crippen LogP contribution in [0, 0.1) is 0 Å². The third kappa shape index (κ3) is 4.08. The molecular formula is C29H23ClN2O. The van der Waals surface area contributed by atoms with Crippen LogP contribution < -0.4 is 0 Å². The first kappa shape index (κ1) is 21.2. The summed E-state index contributed by atoms with van der Waals surface area (Å²) in [6, 6.07) is 27.2. The van der Waals surface area contributed by atoms with Crippen molar-refractivity contribution in [2.75, 3.05) is 0 Å². The Bertz CT molecular complexity index is 1400. The van der Waals surface area contributed by atoms with Crippen LogP contribution in [-0.4, -0.2) is 9.97 Å². The normalized spacial score (nSPS) is 11.5. The maximum atomic E-state index is 6.42. The van der Waals surface area contributed by atoms with E-state index in [-0.39, 0.29) is 5.28 Å². The van der Waals surface area contributed by atoms with Crippen molar-refractivity contribution in [2.24, 2.45) is 0 Å². The summed E-state index contributed by atoms with van der Waals surface area (Å²) in [7, 11) is 0. The number of nitrogens with zero attached hydrogens (tertiary/aromatic N) is 2. The van der Waals surface area contributed by atoms with E-state index in [2.05, 4.69) is 59.4 Å². The predicted molar refractivity (Wildman–Crippen MR) is 137 cm³/mol. The average Bonchev–Trinajstić information content (AvgIpc) is 3.21. The minimum atomic E-state index is 0.214. The van der Waals surface area contributed by atoms with E-state index in [4.69, 9.17) is 16.0 Å². The number of halogens is 1. The molecule has 3 aromatic carbocycles. The van der Waals surface area contributed by atoms with Crippen LogP contribution in [0.3, 0.4) is 0 Å². The van der Waals surface area contributed by atoms with E-state index in [0.29, 0.717) is 11.3 Å². The second-order valence-corrected chi connectivity index (χ2v) is 8.19. The van der Waals surface area contributed by atoms with Crippen molar-refractivity contribution in [3.63, 3.8) is 0 Å². The van der Waals surface area contributed by atoms with Crippen molar-refractivity contribution in [3.05, 3.63) is 102 Å². The number of hydrogen-bond acceptors (Lipinski definition) is 3. The second kappa shape index (κ2) is 9.05. The molecule has 0 radical (unpaired) electrons. The van der Waals surface area contributed by atoms with Gasteiger partial charge in [0.1, 0.15) is 17.0 Å². The highest BCUT2D eigenvalue weighted by atomic mass is 35.5. The molecule has 0 fully saturated rings. The molecule has 33 heavy (non-hydrogen) atoms. The third-order valence-electron chi connectivity index (χ3n) is 5.73. The number of aryl methyl sites for hydroxylation is 1. The number of furan rings is 1. The van der Waals surface area contributed by atoms with Crippen LogP contribution in [-0.2, 0) is 6.42 Å². The van der Waals surface area contributed by atoms with Crippen LogP contribution in [0.5, 0.6) is 0 Å². The summed E-state index contributed by atoms with van der Waals surface area (Å²) in [5, 5.41) is 0.214. The van der Waals surface area contributed by atoms with Gasteiger partial charge in [-0.3, -0.25) is 0 Å². The van der Waals surface area contributed by atoms with Gasteiger partial charge in [-0.2, -0.15) is 0 Å². The lowest BCUT2D eigenvalue weighted by Gasteiger charge is -2.11. The number of benzene rings is 3. The van der Waals surface area contributed by atoms with Crippen LogP contribution in [0.1, 0.15) is 25.2 Å². The molecular weight excluding hydrogens is 428 g/mol. The smallest absolute Gasteiger partial charge is 0.223 e. The summed E-state index contributed by atoms with van der Waals surface area (Å²) in [5.74, 6) is 0.801. The van der Waals surface area contributed by atoms with E-state index < -0.39 is 0 Å². The van der Waals surface area contributed by atoms with Crippen molar-refractivity contribution in [2.45, 2.75) is 20.3 Å². The summed E-state index contributed by atoms with van der Waals surface area (Å²) in [6.45, 7) is 4.07. The number of hydrogen-bond donors (Lipinski definition) is 0. The molecule has 5 rings (SSSR count). The zero-order chi connectivity index (χ0) is 22.8. The largest absolute Gasteiger partial charge is 0.452 e. The molecule has 0 atom stereocenters. The van der Waals surface area contributed by atoms with Crippen molar-refractivity contribution in [3.8, 4) is 33.5 Å². The first-order valence-corrected chi connectivity index (χ1v) is 11.4. The Hall–Kier alpha value is -3.69. The average molecular weight is 451 g/mol. The van der Waals surface area contributed by atoms with Crippen LogP contribution >= 0.6 is 11.6 Å². The first-order valence-electron chi connectivity index (χ1n) is 11.1. The molecule has 3 nitrogen and oxygen atoms in total. The number of allylic oxidation sites excluding steroid dienone is 1. The molecule has 0 saturated heterocycles. The summed E-state index contributed by atoms with van der Waals surface area (Å²) in [5.41, 5.74) is 8.58. The molecule has 0 aliphatic carbocycles. The van der Waals surface area contributed by atoms with Gasteiger partial charge in [0.2, 0.25) is 5.28 Å². The highest BCUT2D eigenvalue weighted by Crippen LogP contribution is 2.37. The molecule has 0 unspecified atom stereocenters. The third-order valence-corrected chi connectivity index (χ3v) is 5.89. The Balaban J connectivity index is 1.80. The highest BCUT2D eigenvalue weighted by molar-refractivity contribution is 6.28. The van der Waals surface area contributed by atoms with E-state index in [1.165, 1.54) is 0 Å². The highest BCUT2D eigenvalue weighted by Gasteiger charge is 2.20. The standard InChI is InChI=1S/C29H23ClN2O/c1-3-11-25-24(4-2)27-28(33-25)26(31-29(30)32-27)23-17-21(19-12-7-5-8-13-19)16-22(18-23)20-14-9-6-10-15-20/h3,5-18H,4H2,1-2H3/b11-3-. The monoisotopic (exact) mass is 450 g/mol. The minimum absolute atomic E-state index is 0.214. The van der Waals surface area contributed by atoms with E-state index in [1.54, 1.807) is 0 Å². The Morgan fingerprint density at radius 3 is 1.91 bits per heavy atom. The van der Waals surface area contributed by atoms with Crippen molar-refractivity contribution in [1.82, 2.24) is 9.97 Å². The van der Waals surface area contributed by atoms with Gasteiger partial charge >= 0.3 is 0 Å². The Morgan fingerprint density at radius 1 is 0.788 bits per heavy atom. The molecule has 0 aliphatic rings. The fourth-order valence-corrected chi connectivity index (χ4v) is 4.36. The summed E-state index contributed by atoms with van der Waals surface area (Å²) in [6.07, 6.45) is 4.72. The lowest BCUT2D eigenvalue weighted by molar-refractivity contribution is 0.598. The van der Waals surface area contributed by atoms with Gasteiger partial charge in [0.05, 0.1) is 0 Å². The Morgan fingerprint density at radius 2 is 1.36 bits per heavy atom. The van der Waals surface area contributed by atoms with Crippen LogP contribution in [0.15, 0.2) is 89.4 Å². The van der Waals surface area contributed by atoms with Gasteiger partial charge in [0.15, 0.2) is 5.58 Å². The van der Waals surface area contributed by atoms with Crippen molar-refractivity contribution < 1.29 is 4.42 Å². The van der Waals surface area contributed by atoms with Gasteiger partial charge in [-0.25, -0.2) is 9.97 Å². The maximum absolute atomic E-state index is 6.42. The van der Waals surface area contributed by atoms with Gasteiger partial charge in [0, 0.05) is 11.1 Å². The molecule has 0 spiro atoms. The molecule has 2 heterocycles. The minimum Gasteiger partial charge on any atom is -0.452 e. The molecule has 2 aromatic heterocycles. The molecule has 0 saturated carbocycles. The van der Waals surface area contributed by atoms with Crippen LogP contribution in [0.4, 0.5) is 0 Å². The van der Waals surface area contributed by atoms with Crippen LogP contribution in [0.2, 0.25) is 5.28 Å². The lowest BCUT2D eigenvalue weighted by Crippen LogP contribution is -1.92. The van der Waals surface area contributed by atoms with E-state index in [0.717, 1.165) is 51.1 Å². The Kier molecular flexibility index (Phi) is 5.80. The number of aromatic nitrogens is 2. The fourth-order valence-electron chi connectivity index (χ4n) is 4.19. The maximum Gasteiger partial charge on any atom is 0.223 e. The van der Waals surface area contributed by atoms with Gasteiger partial charge in [0.25, 0.3) is 0 Å². The number of rotatable bonds is 5. The zero-order valence-electron chi connectivity index (χ0n) is 18.5. The van der Waals surface area contributed by atoms with Crippen LogP contribution in [0.25, 0.3) is 50.7 Å². The quantitative estimate of drug-likeness (QED) is 0.252. The predicted octanol–water partition coefficient (Wildman–Crippen LogP) is 8.47. The molecule has 0 bridgehead atoms. The molecule has 4 heteroatoms. The zero-order valence-corrected chi connectivity index (χ0v) is 19.3. The van der Waals surface area contributed by atoms with E-state index in [9.17, 15) is 0 Å². The molecule has 0 N–H and O–H groups in total. The van der Waals surface area contributed by atoms with Gasteiger partial charge < -0.3 is 4.42 Å². The summed E-state index contributed by atoms with van der Waals surface area (Å²) < 4.78 is 6.29. The SMILES string of the molecule is C/C=C\c1oc2c(-c3cc(-c4ccccc4)cc(-c4ccccc4)c3)nc(Cl)nc2c1CC. The van der Waals surface area contributed by atoms with Crippen molar-refractivity contribution >= 4 is 28.8 Å². The molecule has 0 amide bonds.